The van der Waals surface area contributed by atoms with Crippen molar-refractivity contribution >= 4 is 22.7 Å². The van der Waals surface area contributed by atoms with Gasteiger partial charge in [-0.3, -0.25) is 0 Å². The molecule has 0 radical (unpaired) electrons. The van der Waals surface area contributed by atoms with Crippen LogP contribution in [0.2, 0.25) is 0 Å². The van der Waals surface area contributed by atoms with Gasteiger partial charge in [-0.15, -0.1) is 0 Å². The van der Waals surface area contributed by atoms with E-state index in [1.807, 2.05) is 0 Å². The van der Waals surface area contributed by atoms with E-state index in [2.05, 4.69) is 0 Å². The van der Waals surface area contributed by atoms with Gasteiger partial charge in [0.05, 0.1) is 12.7 Å². The Morgan fingerprint density at radius 2 is 1.64 bits per heavy atom. The predicted molar refractivity (Wildman–Crippen MR) is 97.6 cm³/mol. The van der Waals surface area contributed by atoms with Gasteiger partial charge in [0.25, 0.3) is 0 Å². The molecule has 0 aliphatic carbocycles. The lowest BCUT2D eigenvalue weighted by Crippen LogP contribution is -2.11. The lowest BCUT2D eigenvalue weighted by Gasteiger charge is -2.17. The summed E-state index contributed by atoms with van der Waals surface area (Å²) < 4.78 is 16.0. The minimum atomic E-state index is -1.55. The fourth-order valence-corrected chi connectivity index (χ4v) is 3.39. The third-order valence-electron chi connectivity index (χ3n) is 4.59. The molecule has 4 rings (SSSR count). The molecule has 28 heavy (non-hydrogen) atoms. The van der Waals surface area contributed by atoms with E-state index in [1.165, 1.54) is 19.2 Å². The lowest BCUT2D eigenvalue weighted by atomic mass is 9.88. The first-order chi connectivity index (χ1) is 13.4. The molecule has 3 aromatic carbocycles. The summed E-state index contributed by atoms with van der Waals surface area (Å²) in [6, 6.07) is 9.48. The van der Waals surface area contributed by atoms with Crippen molar-refractivity contribution in [1.82, 2.24) is 0 Å². The van der Waals surface area contributed by atoms with Crippen molar-refractivity contribution in [2.45, 2.75) is 0 Å². The van der Waals surface area contributed by atoms with Crippen LogP contribution in [0.15, 0.2) is 36.4 Å². The average molecular weight is 382 g/mol. The molecule has 1 heterocycles. The number of methoxy groups -OCH3 is 1. The second kappa shape index (κ2) is 6.34. The van der Waals surface area contributed by atoms with Gasteiger partial charge in [0.2, 0.25) is 6.79 Å². The minimum absolute atomic E-state index is 0.0691. The zero-order valence-electron chi connectivity index (χ0n) is 14.6. The molecule has 0 unspecified atom stereocenters. The fraction of sp³-hybridized carbons (Fsp3) is 0.100. The van der Waals surface area contributed by atoms with Crippen molar-refractivity contribution in [2.24, 2.45) is 0 Å². The van der Waals surface area contributed by atoms with E-state index < -0.39 is 28.8 Å². The Labute approximate surface area is 158 Å². The summed E-state index contributed by atoms with van der Waals surface area (Å²) in [4.78, 5) is 23.9. The van der Waals surface area contributed by atoms with Gasteiger partial charge in [-0.05, 0) is 29.8 Å². The number of phenols is 1. The molecular weight excluding hydrogens is 368 g/mol. The standard InChI is InChI=1S/C20H14O8/c1-26-10-4-2-9(3-5-10)13-14-11(6-7-12-18(14)28-8-27-12)17(21)16(20(24)25)15(13)19(22)23/h2-7,21H,8H2,1H3,(H,22,23)(H,24,25). The normalized spacial score (nSPS) is 12.2. The Bertz CT molecular complexity index is 1130. The van der Waals surface area contributed by atoms with E-state index >= 15 is 0 Å². The molecule has 142 valence electrons. The van der Waals surface area contributed by atoms with Gasteiger partial charge >= 0.3 is 11.9 Å². The number of carbonyl (C=O) groups is 2. The molecule has 0 saturated heterocycles. The van der Waals surface area contributed by atoms with Crippen LogP contribution in [0.25, 0.3) is 21.9 Å². The minimum Gasteiger partial charge on any atom is -0.506 e. The highest BCUT2D eigenvalue weighted by Gasteiger charge is 2.32. The molecule has 0 spiro atoms. The Kier molecular flexibility index (Phi) is 3.96. The van der Waals surface area contributed by atoms with Gasteiger partial charge in [-0.1, -0.05) is 12.1 Å². The van der Waals surface area contributed by atoms with Gasteiger partial charge in [0.15, 0.2) is 11.5 Å². The summed E-state index contributed by atoms with van der Waals surface area (Å²) in [7, 11) is 1.49. The van der Waals surface area contributed by atoms with E-state index in [-0.39, 0.29) is 28.9 Å². The molecule has 0 aromatic heterocycles. The van der Waals surface area contributed by atoms with Crippen LogP contribution in [0.3, 0.4) is 0 Å². The highest BCUT2D eigenvalue weighted by molar-refractivity contribution is 6.19. The molecule has 0 atom stereocenters. The number of benzene rings is 3. The van der Waals surface area contributed by atoms with Crippen molar-refractivity contribution in [3.05, 3.63) is 47.5 Å². The number of carboxylic acids is 2. The Morgan fingerprint density at radius 3 is 2.25 bits per heavy atom. The summed E-state index contributed by atoms with van der Waals surface area (Å²) in [5.41, 5.74) is -0.687. The molecular formula is C20H14O8. The summed E-state index contributed by atoms with van der Waals surface area (Å²) in [5, 5.41) is 30.4. The number of hydrogen-bond acceptors (Lipinski definition) is 6. The third-order valence-corrected chi connectivity index (χ3v) is 4.59. The SMILES string of the molecule is COc1ccc(-c2c(C(=O)O)c(C(=O)O)c(O)c3ccc4c(c23)OCO4)cc1. The first-order valence-corrected chi connectivity index (χ1v) is 8.16. The second-order valence-electron chi connectivity index (χ2n) is 6.03. The number of hydrogen-bond donors (Lipinski definition) is 3. The zero-order chi connectivity index (χ0) is 20.0. The van der Waals surface area contributed by atoms with Gasteiger partial charge in [0.1, 0.15) is 17.1 Å². The van der Waals surface area contributed by atoms with Crippen molar-refractivity contribution in [3.63, 3.8) is 0 Å². The lowest BCUT2D eigenvalue weighted by molar-refractivity contribution is 0.0649. The van der Waals surface area contributed by atoms with Gasteiger partial charge in [0, 0.05) is 16.3 Å². The van der Waals surface area contributed by atoms with Crippen LogP contribution >= 0.6 is 0 Å². The molecule has 3 aromatic rings. The van der Waals surface area contributed by atoms with Crippen LogP contribution < -0.4 is 14.2 Å². The van der Waals surface area contributed by atoms with Crippen molar-refractivity contribution < 1.29 is 39.1 Å². The number of carboxylic acid groups (broad SMARTS) is 2. The van der Waals surface area contributed by atoms with Crippen LogP contribution in [-0.4, -0.2) is 41.2 Å². The summed E-state index contributed by atoms with van der Waals surface area (Å²) in [6.45, 7) is -0.0691. The Balaban J connectivity index is 2.22. The second-order valence-corrected chi connectivity index (χ2v) is 6.03. The van der Waals surface area contributed by atoms with Crippen molar-refractivity contribution in [3.8, 4) is 34.1 Å². The molecule has 3 N–H and O–H groups in total. The number of rotatable bonds is 4. The quantitative estimate of drug-likeness (QED) is 0.628. The topological polar surface area (TPSA) is 123 Å². The monoisotopic (exact) mass is 382 g/mol. The van der Waals surface area contributed by atoms with Crippen LogP contribution in [0.4, 0.5) is 0 Å². The van der Waals surface area contributed by atoms with E-state index in [9.17, 15) is 24.9 Å². The Hall–Kier alpha value is -3.94. The number of ether oxygens (including phenoxy) is 3. The molecule has 0 amide bonds. The predicted octanol–water partition coefficient (Wildman–Crippen LogP) is 3.35. The molecule has 1 aliphatic heterocycles. The van der Waals surface area contributed by atoms with Crippen molar-refractivity contribution in [1.29, 1.82) is 0 Å². The van der Waals surface area contributed by atoms with E-state index in [4.69, 9.17) is 14.2 Å². The molecule has 0 fully saturated rings. The third kappa shape index (κ3) is 2.46. The van der Waals surface area contributed by atoms with Crippen LogP contribution in [0, 0.1) is 0 Å². The van der Waals surface area contributed by atoms with E-state index in [1.54, 1.807) is 24.3 Å². The maximum absolute atomic E-state index is 12.1. The van der Waals surface area contributed by atoms with Crippen LogP contribution in [0.5, 0.6) is 23.0 Å². The molecule has 8 heteroatoms. The average Bonchev–Trinajstić information content (AvgIpc) is 3.16. The van der Waals surface area contributed by atoms with Gasteiger partial charge < -0.3 is 29.5 Å². The van der Waals surface area contributed by atoms with Crippen LogP contribution in [0.1, 0.15) is 20.7 Å². The molecule has 1 aliphatic rings. The van der Waals surface area contributed by atoms with Gasteiger partial charge in [-0.2, -0.15) is 0 Å². The van der Waals surface area contributed by atoms with E-state index in [0.29, 0.717) is 17.1 Å². The number of fused-ring (bicyclic) bond motifs is 3. The van der Waals surface area contributed by atoms with Crippen LogP contribution in [-0.2, 0) is 0 Å². The van der Waals surface area contributed by atoms with Gasteiger partial charge in [-0.25, -0.2) is 9.59 Å². The van der Waals surface area contributed by atoms with E-state index in [0.717, 1.165) is 0 Å². The first-order valence-electron chi connectivity index (χ1n) is 8.16. The molecule has 0 saturated carbocycles. The number of aromatic carboxylic acids is 2. The zero-order valence-corrected chi connectivity index (χ0v) is 14.6. The highest BCUT2D eigenvalue weighted by atomic mass is 16.7. The fourth-order valence-electron chi connectivity index (χ4n) is 3.39. The molecule has 0 bridgehead atoms. The van der Waals surface area contributed by atoms with Crippen molar-refractivity contribution in [2.75, 3.05) is 13.9 Å². The largest absolute Gasteiger partial charge is 0.506 e. The Morgan fingerprint density at radius 1 is 0.964 bits per heavy atom. The maximum atomic E-state index is 12.1. The summed E-state index contributed by atoms with van der Waals surface area (Å²) in [5.74, 6) is -2.51. The summed E-state index contributed by atoms with van der Waals surface area (Å²) >= 11 is 0. The summed E-state index contributed by atoms with van der Waals surface area (Å²) in [6.07, 6.45) is 0. The number of aromatic hydroxyl groups is 1. The molecule has 8 nitrogen and oxygen atoms in total. The highest BCUT2D eigenvalue weighted by Crippen LogP contribution is 2.49. The first kappa shape index (κ1) is 17.5. The smallest absolute Gasteiger partial charge is 0.340 e. The maximum Gasteiger partial charge on any atom is 0.340 e.